The lowest BCUT2D eigenvalue weighted by Crippen LogP contribution is -2.03. The maximum atomic E-state index is 13.7. The predicted molar refractivity (Wildman–Crippen MR) is 71.1 cm³/mol. The molecule has 0 heterocycles. The molecule has 0 radical (unpaired) electrons. The zero-order chi connectivity index (χ0) is 13.8. The minimum Gasteiger partial charge on any atom is -0.494 e. The standard InChI is InChI=1S/C14H14F2N2O/c1-19-14-7-11(15)13(6-12(14)16)18-8-9-2-4-10(17)5-3-9/h2-7,18H,8,17H2,1H3. The second-order valence-corrected chi connectivity index (χ2v) is 4.06. The Hall–Kier alpha value is -2.30. The van der Waals surface area contributed by atoms with E-state index < -0.39 is 11.6 Å². The molecule has 3 N–H and O–H groups in total. The third-order valence-corrected chi connectivity index (χ3v) is 2.70. The summed E-state index contributed by atoms with van der Waals surface area (Å²) < 4.78 is 31.8. The molecule has 19 heavy (non-hydrogen) atoms. The Balaban J connectivity index is 2.11. The monoisotopic (exact) mass is 264 g/mol. The van der Waals surface area contributed by atoms with Crippen LogP contribution in [-0.4, -0.2) is 7.11 Å². The first-order chi connectivity index (χ1) is 9.10. The van der Waals surface area contributed by atoms with Gasteiger partial charge in [-0.1, -0.05) is 12.1 Å². The normalized spacial score (nSPS) is 10.3. The van der Waals surface area contributed by atoms with Gasteiger partial charge in [0.2, 0.25) is 0 Å². The Kier molecular flexibility index (Phi) is 3.85. The first-order valence-corrected chi connectivity index (χ1v) is 5.71. The predicted octanol–water partition coefficient (Wildman–Crippen LogP) is 3.17. The van der Waals surface area contributed by atoms with E-state index in [-0.39, 0.29) is 11.4 Å². The molecular weight excluding hydrogens is 250 g/mol. The molecule has 5 heteroatoms. The van der Waals surface area contributed by atoms with Gasteiger partial charge in [0.1, 0.15) is 5.82 Å². The molecule has 0 fully saturated rings. The van der Waals surface area contributed by atoms with Crippen LogP contribution in [0.25, 0.3) is 0 Å². The summed E-state index contributed by atoms with van der Waals surface area (Å²) in [5, 5.41) is 2.83. The molecule has 100 valence electrons. The first-order valence-electron chi connectivity index (χ1n) is 5.71. The Morgan fingerprint density at radius 1 is 1.11 bits per heavy atom. The van der Waals surface area contributed by atoms with E-state index in [0.717, 1.165) is 17.7 Å². The molecule has 0 saturated heterocycles. The van der Waals surface area contributed by atoms with E-state index in [2.05, 4.69) is 5.32 Å². The van der Waals surface area contributed by atoms with Gasteiger partial charge in [-0.05, 0) is 17.7 Å². The van der Waals surface area contributed by atoms with Crippen LogP contribution in [0, 0.1) is 11.6 Å². The quantitative estimate of drug-likeness (QED) is 0.834. The van der Waals surface area contributed by atoms with Crippen molar-refractivity contribution in [3.63, 3.8) is 0 Å². The lowest BCUT2D eigenvalue weighted by Gasteiger charge is -2.10. The van der Waals surface area contributed by atoms with Crippen molar-refractivity contribution in [2.24, 2.45) is 0 Å². The molecule has 0 aliphatic rings. The van der Waals surface area contributed by atoms with Crippen LogP contribution < -0.4 is 15.8 Å². The van der Waals surface area contributed by atoms with Gasteiger partial charge in [0.15, 0.2) is 11.6 Å². The Bertz CT molecular complexity index is 570. The molecular formula is C14H14F2N2O. The van der Waals surface area contributed by atoms with Gasteiger partial charge in [-0.25, -0.2) is 8.78 Å². The van der Waals surface area contributed by atoms with E-state index >= 15 is 0 Å². The summed E-state index contributed by atoms with van der Waals surface area (Å²) >= 11 is 0. The molecule has 3 nitrogen and oxygen atoms in total. The van der Waals surface area contributed by atoms with Gasteiger partial charge in [-0.15, -0.1) is 0 Å². The van der Waals surface area contributed by atoms with Crippen molar-refractivity contribution in [2.45, 2.75) is 6.54 Å². The fourth-order valence-electron chi connectivity index (χ4n) is 1.65. The first kappa shape index (κ1) is 13.1. The number of benzene rings is 2. The van der Waals surface area contributed by atoms with Crippen molar-refractivity contribution < 1.29 is 13.5 Å². The molecule has 2 rings (SSSR count). The van der Waals surface area contributed by atoms with Gasteiger partial charge < -0.3 is 15.8 Å². The number of rotatable bonds is 4. The van der Waals surface area contributed by atoms with Crippen molar-refractivity contribution in [1.29, 1.82) is 0 Å². The van der Waals surface area contributed by atoms with Crippen LogP contribution in [0.1, 0.15) is 5.56 Å². The molecule has 0 bridgehead atoms. The van der Waals surface area contributed by atoms with E-state index in [1.807, 2.05) is 12.1 Å². The number of hydrogen-bond acceptors (Lipinski definition) is 3. The molecule has 0 aromatic heterocycles. The molecule has 0 atom stereocenters. The maximum Gasteiger partial charge on any atom is 0.167 e. The largest absolute Gasteiger partial charge is 0.494 e. The third-order valence-electron chi connectivity index (χ3n) is 2.70. The number of anilines is 2. The highest BCUT2D eigenvalue weighted by molar-refractivity contribution is 5.49. The van der Waals surface area contributed by atoms with Gasteiger partial charge in [0.25, 0.3) is 0 Å². The van der Waals surface area contributed by atoms with E-state index in [1.165, 1.54) is 7.11 Å². The summed E-state index contributed by atoms with van der Waals surface area (Å²) in [5.41, 5.74) is 7.24. The maximum absolute atomic E-state index is 13.7. The average Bonchev–Trinajstić information content (AvgIpc) is 2.41. The molecule has 0 amide bonds. The van der Waals surface area contributed by atoms with E-state index in [4.69, 9.17) is 10.5 Å². The van der Waals surface area contributed by atoms with Crippen molar-refractivity contribution in [1.82, 2.24) is 0 Å². The van der Waals surface area contributed by atoms with Crippen molar-refractivity contribution >= 4 is 11.4 Å². The third kappa shape index (κ3) is 3.13. The fraction of sp³-hybridized carbons (Fsp3) is 0.143. The Labute approximate surface area is 110 Å². The molecule has 2 aromatic carbocycles. The van der Waals surface area contributed by atoms with Crippen molar-refractivity contribution in [3.8, 4) is 5.75 Å². The number of nitrogens with one attached hydrogen (secondary N) is 1. The van der Waals surface area contributed by atoms with E-state index in [0.29, 0.717) is 12.2 Å². The number of ether oxygens (including phenoxy) is 1. The highest BCUT2D eigenvalue weighted by atomic mass is 19.1. The van der Waals surface area contributed by atoms with Gasteiger partial charge in [0.05, 0.1) is 12.8 Å². The van der Waals surface area contributed by atoms with Crippen LogP contribution >= 0.6 is 0 Å². The number of nitrogens with two attached hydrogens (primary N) is 1. The minimum atomic E-state index is -0.608. The molecule has 0 aliphatic carbocycles. The second kappa shape index (κ2) is 5.56. The van der Waals surface area contributed by atoms with Crippen LogP contribution in [0.3, 0.4) is 0 Å². The zero-order valence-corrected chi connectivity index (χ0v) is 10.4. The van der Waals surface area contributed by atoms with Gasteiger partial charge in [0, 0.05) is 24.4 Å². The Morgan fingerprint density at radius 3 is 2.42 bits per heavy atom. The topological polar surface area (TPSA) is 47.3 Å². The molecule has 0 spiro atoms. The number of hydrogen-bond donors (Lipinski definition) is 2. The van der Waals surface area contributed by atoms with Gasteiger partial charge in [-0.2, -0.15) is 0 Å². The van der Waals surface area contributed by atoms with Gasteiger partial charge in [-0.3, -0.25) is 0 Å². The number of methoxy groups -OCH3 is 1. The summed E-state index contributed by atoms with van der Waals surface area (Å²) in [6.45, 7) is 0.378. The van der Waals surface area contributed by atoms with Crippen LogP contribution in [0.2, 0.25) is 0 Å². The van der Waals surface area contributed by atoms with Crippen molar-refractivity contribution in [3.05, 3.63) is 53.6 Å². The van der Waals surface area contributed by atoms with E-state index in [1.54, 1.807) is 12.1 Å². The second-order valence-electron chi connectivity index (χ2n) is 4.06. The van der Waals surface area contributed by atoms with Gasteiger partial charge >= 0.3 is 0 Å². The van der Waals surface area contributed by atoms with Crippen molar-refractivity contribution in [2.75, 3.05) is 18.2 Å². The number of halogens is 2. The smallest absolute Gasteiger partial charge is 0.167 e. The minimum absolute atomic E-state index is 0.0927. The van der Waals surface area contributed by atoms with Crippen LogP contribution in [0.5, 0.6) is 5.75 Å². The summed E-state index contributed by atoms with van der Waals surface area (Å²) in [6, 6.07) is 9.23. The summed E-state index contributed by atoms with van der Waals surface area (Å²) in [4.78, 5) is 0. The summed E-state index contributed by atoms with van der Waals surface area (Å²) in [5.74, 6) is -1.28. The Morgan fingerprint density at radius 2 is 1.79 bits per heavy atom. The molecule has 0 unspecified atom stereocenters. The molecule has 0 aliphatic heterocycles. The highest BCUT2D eigenvalue weighted by Gasteiger charge is 2.09. The zero-order valence-electron chi connectivity index (χ0n) is 10.4. The number of nitrogen functional groups attached to an aromatic ring is 1. The highest BCUT2D eigenvalue weighted by Crippen LogP contribution is 2.25. The molecule has 2 aromatic rings. The lowest BCUT2D eigenvalue weighted by molar-refractivity contribution is 0.383. The van der Waals surface area contributed by atoms with Crippen LogP contribution in [-0.2, 0) is 6.54 Å². The summed E-state index contributed by atoms with van der Waals surface area (Å²) in [6.07, 6.45) is 0. The SMILES string of the molecule is COc1cc(F)c(NCc2ccc(N)cc2)cc1F. The lowest BCUT2D eigenvalue weighted by atomic mass is 10.2. The molecule has 0 saturated carbocycles. The van der Waals surface area contributed by atoms with Crippen LogP contribution in [0.15, 0.2) is 36.4 Å². The fourth-order valence-corrected chi connectivity index (χ4v) is 1.65. The average molecular weight is 264 g/mol. The van der Waals surface area contributed by atoms with E-state index in [9.17, 15) is 8.78 Å². The van der Waals surface area contributed by atoms with Crippen LogP contribution in [0.4, 0.5) is 20.2 Å². The summed E-state index contributed by atoms with van der Waals surface area (Å²) in [7, 11) is 1.29.